The van der Waals surface area contributed by atoms with Crippen molar-refractivity contribution in [3.05, 3.63) is 194 Å². The highest BCUT2D eigenvalue weighted by atomic mass is 15.0. The van der Waals surface area contributed by atoms with Gasteiger partial charge in [-0.1, -0.05) is 60.7 Å². The highest BCUT2D eigenvalue weighted by Gasteiger charge is 2.24. The molecule has 0 bridgehead atoms. The fraction of sp³-hybridized carbons (Fsp3) is 0. The molecule has 0 spiro atoms. The number of nitriles is 2. The number of aromatic nitrogens is 10. The number of hydrogen-bond donors (Lipinski definition) is 0. The van der Waals surface area contributed by atoms with Crippen LogP contribution in [0.15, 0.2) is 183 Å². The topological polar surface area (TPSA) is 161 Å². The normalized spacial score (nSPS) is 11.3. The summed E-state index contributed by atoms with van der Waals surface area (Å²) in [6, 6.07) is 48.5. The van der Waals surface area contributed by atoms with Gasteiger partial charge in [-0.25, -0.2) is 39.9 Å². The first-order valence-corrected chi connectivity index (χ1v) is 21.0. The molecule has 66 heavy (non-hydrogen) atoms. The van der Waals surface area contributed by atoms with Gasteiger partial charge in [0.1, 0.15) is 6.07 Å². The van der Waals surface area contributed by atoms with Crippen LogP contribution in [0.4, 0.5) is 0 Å². The lowest BCUT2D eigenvalue weighted by Crippen LogP contribution is -2.04. The van der Waals surface area contributed by atoms with Gasteiger partial charge in [-0.15, -0.1) is 0 Å². The molecule has 306 valence electrons. The van der Waals surface area contributed by atoms with Gasteiger partial charge in [0.2, 0.25) is 0 Å². The molecule has 12 rings (SSSR count). The Kier molecular flexibility index (Phi) is 8.93. The molecule has 0 saturated carbocycles. The second-order valence-corrected chi connectivity index (χ2v) is 15.6. The first kappa shape index (κ1) is 37.9. The zero-order valence-corrected chi connectivity index (χ0v) is 34.7. The standard InChI is InChI=1S/C54H30N12/c55-31-33-6-1-7-34(24-33)44-30-45(65-46-25-35(51-57-16-2-17-58-51)8-12-40(46)41-13-9-36(26-47(41)65)52-59-18-3-19-60-52)39(32-56)29-50(44)66-48-27-37(53-61-20-4-21-62-53)10-14-42(48)43-15-11-38(28-49(43)66)54-63-22-5-23-64-54/h1-30H. The lowest BCUT2D eigenvalue weighted by Gasteiger charge is -2.19. The van der Waals surface area contributed by atoms with Crippen LogP contribution in [0.25, 0.3) is 112 Å². The zero-order valence-electron chi connectivity index (χ0n) is 34.7. The van der Waals surface area contributed by atoms with Crippen molar-refractivity contribution in [3.63, 3.8) is 0 Å². The van der Waals surface area contributed by atoms with E-state index in [1.807, 2.05) is 48.5 Å². The lowest BCUT2D eigenvalue weighted by molar-refractivity contribution is 1.13. The van der Waals surface area contributed by atoms with Crippen LogP contribution in [0, 0.1) is 22.7 Å². The molecule has 0 amide bonds. The molecule has 0 atom stereocenters. The first-order valence-electron chi connectivity index (χ1n) is 21.0. The van der Waals surface area contributed by atoms with Gasteiger partial charge in [0.05, 0.1) is 50.6 Å². The van der Waals surface area contributed by atoms with Crippen molar-refractivity contribution in [2.24, 2.45) is 0 Å². The molecule has 0 unspecified atom stereocenters. The number of fused-ring (bicyclic) bond motifs is 6. The summed E-state index contributed by atoms with van der Waals surface area (Å²) in [5, 5.41) is 25.6. The fourth-order valence-electron chi connectivity index (χ4n) is 8.93. The second-order valence-electron chi connectivity index (χ2n) is 15.6. The van der Waals surface area contributed by atoms with Crippen LogP contribution in [-0.2, 0) is 0 Å². The van der Waals surface area contributed by atoms with Crippen LogP contribution in [0.2, 0.25) is 0 Å². The summed E-state index contributed by atoms with van der Waals surface area (Å²) in [6.07, 6.45) is 13.8. The van der Waals surface area contributed by atoms with E-state index >= 15 is 0 Å². The summed E-state index contributed by atoms with van der Waals surface area (Å²) in [4.78, 5) is 36.7. The third-order valence-corrected chi connectivity index (χ3v) is 11.8. The predicted octanol–water partition coefficient (Wildman–Crippen LogP) is 11.1. The Labute approximate surface area is 376 Å². The van der Waals surface area contributed by atoms with Crippen molar-refractivity contribution in [1.29, 1.82) is 10.5 Å². The Morgan fingerprint density at radius 2 is 0.712 bits per heavy atom. The molecule has 12 nitrogen and oxygen atoms in total. The molecule has 0 radical (unpaired) electrons. The summed E-state index contributed by atoms with van der Waals surface area (Å²) in [5.74, 6) is 2.31. The summed E-state index contributed by atoms with van der Waals surface area (Å²) in [6.45, 7) is 0. The van der Waals surface area contributed by atoms with E-state index in [0.29, 0.717) is 40.1 Å². The molecule has 6 aromatic carbocycles. The molecule has 0 fully saturated rings. The van der Waals surface area contributed by atoms with Gasteiger partial charge >= 0.3 is 0 Å². The average Bonchev–Trinajstić information content (AvgIpc) is 3.90. The smallest absolute Gasteiger partial charge is 0.159 e. The Hall–Kier alpha value is -9.78. The number of rotatable bonds is 7. The van der Waals surface area contributed by atoms with Gasteiger partial charge < -0.3 is 9.13 Å². The Bertz CT molecular complexity index is 3750. The highest BCUT2D eigenvalue weighted by Crippen LogP contribution is 2.43. The van der Waals surface area contributed by atoms with E-state index in [0.717, 1.165) is 82.7 Å². The summed E-state index contributed by atoms with van der Waals surface area (Å²) in [7, 11) is 0. The molecular weight excluding hydrogens is 817 g/mol. The Morgan fingerprint density at radius 3 is 1.08 bits per heavy atom. The quantitative estimate of drug-likeness (QED) is 0.151. The summed E-state index contributed by atoms with van der Waals surface area (Å²) >= 11 is 0. The Morgan fingerprint density at radius 1 is 0.333 bits per heavy atom. The van der Waals surface area contributed by atoms with Crippen molar-refractivity contribution in [2.75, 3.05) is 0 Å². The fourth-order valence-corrected chi connectivity index (χ4v) is 8.93. The minimum absolute atomic E-state index is 0.409. The van der Waals surface area contributed by atoms with E-state index in [1.165, 1.54) is 0 Å². The molecule has 6 aromatic heterocycles. The third kappa shape index (κ3) is 6.29. The average molecular weight is 847 g/mol. The van der Waals surface area contributed by atoms with Gasteiger partial charge in [-0.3, -0.25) is 0 Å². The van der Waals surface area contributed by atoms with E-state index < -0.39 is 0 Å². The molecule has 12 heteroatoms. The Balaban J connectivity index is 1.21. The lowest BCUT2D eigenvalue weighted by atomic mass is 9.97. The second kappa shape index (κ2) is 15.5. The van der Waals surface area contributed by atoms with Crippen LogP contribution in [0.1, 0.15) is 11.1 Å². The summed E-state index contributed by atoms with van der Waals surface area (Å²) < 4.78 is 4.31. The highest BCUT2D eigenvalue weighted by molar-refractivity contribution is 6.13. The molecule has 0 aliphatic heterocycles. The minimum Gasteiger partial charge on any atom is -0.309 e. The summed E-state index contributed by atoms with van der Waals surface area (Å²) in [5.41, 5.74) is 10.5. The van der Waals surface area contributed by atoms with Crippen molar-refractivity contribution in [2.45, 2.75) is 0 Å². The van der Waals surface area contributed by atoms with Gasteiger partial charge in [0.15, 0.2) is 23.3 Å². The monoisotopic (exact) mass is 846 g/mol. The van der Waals surface area contributed by atoms with Crippen LogP contribution < -0.4 is 0 Å². The minimum atomic E-state index is 0.409. The first-order chi connectivity index (χ1) is 32.6. The molecule has 0 aliphatic carbocycles. The molecule has 12 aromatic rings. The SMILES string of the molecule is N#Cc1cccc(-c2cc(-n3c4cc(-c5ncccn5)ccc4c4ccc(-c5ncccn5)cc43)c(C#N)cc2-n2c3cc(-c4ncccn4)ccc3c3ccc(-c4ncccn4)cc32)c1. The van der Waals surface area contributed by atoms with Crippen LogP contribution in [0.3, 0.4) is 0 Å². The maximum Gasteiger partial charge on any atom is 0.159 e. The third-order valence-electron chi connectivity index (χ3n) is 11.8. The largest absolute Gasteiger partial charge is 0.309 e. The van der Waals surface area contributed by atoms with Crippen molar-refractivity contribution in [1.82, 2.24) is 49.0 Å². The maximum absolute atomic E-state index is 11.4. The predicted molar refractivity (Wildman–Crippen MR) is 254 cm³/mol. The van der Waals surface area contributed by atoms with Crippen molar-refractivity contribution < 1.29 is 0 Å². The zero-order chi connectivity index (χ0) is 44.1. The van der Waals surface area contributed by atoms with Gasteiger partial charge in [-0.05, 0) is 78.4 Å². The van der Waals surface area contributed by atoms with E-state index in [1.54, 1.807) is 79.9 Å². The van der Waals surface area contributed by atoms with E-state index in [2.05, 4.69) is 116 Å². The van der Waals surface area contributed by atoms with Crippen LogP contribution >= 0.6 is 0 Å². The molecule has 6 heterocycles. The van der Waals surface area contributed by atoms with Crippen molar-refractivity contribution >= 4 is 43.6 Å². The van der Waals surface area contributed by atoms with Crippen LogP contribution in [0.5, 0.6) is 0 Å². The molecular formula is C54H30N12. The number of benzene rings is 6. The van der Waals surface area contributed by atoms with E-state index in [4.69, 9.17) is 0 Å². The van der Waals surface area contributed by atoms with Crippen LogP contribution in [-0.4, -0.2) is 49.0 Å². The van der Waals surface area contributed by atoms with E-state index in [-0.39, 0.29) is 0 Å². The number of hydrogen-bond acceptors (Lipinski definition) is 10. The molecule has 0 aliphatic rings. The molecule has 0 saturated heterocycles. The maximum atomic E-state index is 11.4. The van der Waals surface area contributed by atoms with Crippen molar-refractivity contribution in [3.8, 4) is 80.2 Å². The van der Waals surface area contributed by atoms with Gasteiger partial charge in [0, 0.05) is 98.9 Å². The van der Waals surface area contributed by atoms with E-state index in [9.17, 15) is 10.5 Å². The molecule has 0 N–H and O–H groups in total. The number of nitrogens with zero attached hydrogens (tertiary/aromatic N) is 12. The van der Waals surface area contributed by atoms with Gasteiger partial charge in [-0.2, -0.15) is 10.5 Å². The van der Waals surface area contributed by atoms with Gasteiger partial charge in [0.25, 0.3) is 0 Å².